The van der Waals surface area contributed by atoms with Crippen LogP contribution < -0.4 is 10.6 Å². The van der Waals surface area contributed by atoms with Crippen LogP contribution in [0, 0.1) is 0 Å². The second kappa shape index (κ2) is 17.8. The van der Waals surface area contributed by atoms with Gasteiger partial charge in [-0.15, -0.1) is 0 Å². The van der Waals surface area contributed by atoms with Crippen LogP contribution in [0.25, 0.3) is 0 Å². The average Bonchev–Trinajstić information content (AvgIpc) is 3.08. The number of aliphatic hydroxyl groups excluding tert-OH is 10. The van der Waals surface area contributed by atoms with E-state index in [0.29, 0.717) is 0 Å². The van der Waals surface area contributed by atoms with Gasteiger partial charge in [0.1, 0.15) is 85.3 Å². The summed E-state index contributed by atoms with van der Waals surface area (Å²) in [4.78, 5) is 47.4. The zero-order valence-corrected chi connectivity index (χ0v) is 27.8. The Kier molecular flexibility index (Phi) is 14.4. The van der Waals surface area contributed by atoms with E-state index in [9.17, 15) is 80.5 Å². The SMILES string of the molecule is CC(=O)N[C@@H]1[C@@H](O[C@@H]2O[C@H](C(=O)O)[C@@H](O)[C@H](O)[C@H]2O)[C@@H](O)[C@@H](CO[C@@H]2O[C@H](CO)[C@H](O)[C@H](O[C@@H]3O[C@H](C(=O)O)[C@@H](O)[C@H](O)[C@H]3O)[C@H]2NC(C)=O)O[C@H]1O. The maximum absolute atomic E-state index is 12.3. The van der Waals surface area contributed by atoms with Gasteiger partial charge in [-0.2, -0.15) is 0 Å². The minimum atomic E-state index is -2.13. The third-order valence-electron chi connectivity index (χ3n) is 8.92. The molecule has 4 saturated heterocycles. The van der Waals surface area contributed by atoms with Gasteiger partial charge in [-0.1, -0.05) is 0 Å². The molecular weight excluding hydrogens is 732 g/mol. The van der Waals surface area contributed by atoms with Gasteiger partial charge in [0.05, 0.1) is 13.2 Å². The molecule has 0 unspecified atom stereocenters. The smallest absolute Gasteiger partial charge is 0.335 e. The number of aliphatic carboxylic acids is 2. The molecule has 0 bridgehead atoms. The Bertz CT molecular complexity index is 1300. The Morgan fingerprint density at radius 1 is 0.547 bits per heavy atom. The Balaban J connectivity index is 1.57. The zero-order valence-electron chi connectivity index (χ0n) is 27.8. The van der Waals surface area contributed by atoms with Gasteiger partial charge in [0.25, 0.3) is 0 Å². The highest BCUT2D eigenvalue weighted by Gasteiger charge is 2.55. The molecule has 0 aromatic rings. The third-order valence-corrected chi connectivity index (χ3v) is 8.92. The number of ether oxygens (including phenoxy) is 7. The highest BCUT2D eigenvalue weighted by molar-refractivity contribution is 5.74. The number of hydrogen-bond acceptors (Lipinski definition) is 21. The van der Waals surface area contributed by atoms with Gasteiger partial charge in [-0.3, -0.25) is 9.59 Å². The van der Waals surface area contributed by atoms with E-state index in [1.807, 2.05) is 0 Å². The molecule has 25 nitrogen and oxygen atoms in total. The largest absolute Gasteiger partial charge is 0.479 e. The highest BCUT2D eigenvalue weighted by atomic mass is 16.7. The molecule has 0 saturated carbocycles. The lowest BCUT2D eigenvalue weighted by Gasteiger charge is -2.48. The maximum Gasteiger partial charge on any atom is 0.335 e. The number of nitrogens with one attached hydrogen (secondary N) is 2. The first kappa shape index (κ1) is 42.9. The number of rotatable bonds is 12. The van der Waals surface area contributed by atoms with Crippen LogP contribution in [0.1, 0.15) is 13.8 Å². The molecule has 14 N–H and O–H groups in total. The summed E-state index contributed by atoms with van der Waals surface area (Å²) in [6.07, 6.45) is -35.6. The molecule has 4 aliphatic heterocycles. The summed E-state index contributed by atoms with van der Waals surface area (Å²) in [7, 11) is 0. The summed E-state index contributed by atoms with van der Waals surface area (Å²) in [6, 6.07) is -3.26. The molecule has 0 radical (unpaired) electrons. The van der Waals surface area contributed by atoms with Crippen LogP contribution in [0.3, 0.4) is 0 Å². The number of carboxylic acids is 2. The van der Waals surface area contributed by atoms with Gasteiger partial charge in [0.2, 0.25) is 11.8 Å². The van der Waals surface area contributed by atoms with Gasteiger partial charge >= 0.3 is 11.9 Å². The highest BCUT2D eigenvalue weighted by Crippen LogP contribution is 2.32. The van der Waals surface area contributed by atoms with Crippen molar-refractivity contribution in [2.24, 2.45) is 0 Å². The molecule has 304 valence electrons. The Hall–Kier alpha value is -2.80. The number of hydrogen-bond donors (Lipinski definition) is 14. The quantitative estimate of drug-likeness (QED) is 0.0875. The van der Waals surface area contributed by atoms with Crippen molar-refractivity contribution in [3.05, 3.63) is 0 Å². The first-order valence-corrected chi connectivity index (χ1v) is 16.1. The topological polar surface area (TPSA) is 400 Å². The van der Waals surface area contributed by atoms with Crippen LogP contribution in [-0.4, -0.2) is 221 Å². The van der Waals surface area contributed by atoms with Crippen LogP contribution in [-0.2, 0) is 52.3 Å². The van der Waals surface area contributed by atoms with Gasteiger partial charge in [-0.25, -0.2) is 9.59 Å². The fourth-order valence-corrected chi connectivity index (χ4v) is 6.21. The fourth-order valence-electron chi connectivity index (χ4n) is 6.21. The summed E-state index contributed by atoms with van der Waals surface area (Å²) in [5.74, 6) is -5.10. The Labute approximate surface area is 298 Å². The predicted molar refractivity (Wildman–Crippen MR) is 158 cm³/mol. The number of carbonyl (C=O) groups excluding carboxylic acids is 2. The van der Waals surface area contributed by atoms with E-state index in [2.05, 4.69) is 10.6 Å². The van der Waals surface area contributed by atoms with Crippen LogP contribution in [0.2, 0.25) is 0 Å². The van der Waals surface area contributed by atoms with Crippen molar-refractivity contribution in [3.63, 3.8) is 0 Å². The number of aliphatic hydroxyl groups is 10. The van der Waals surface area contributed by atoms with E-state index in [-0.39, 0.29) is 0 Å². The lowest BCUT2D eigenvalue weighted by Crippen LogP contribution is -2.69. The monoisotopic (exact) mass is 776 g/mol. The fraction of sp³-hybridized carbons (Fsp3) is 0.857. The number of carboxylic acid groups (broad SMARTS) is 2. The number of amides is 2. The minimum Gasteiger partial charge on any atom is -0.479 e. The zero-order chi connectivity index (χ0) is 39.6. The van der Waals surface area contributed by atoms with E-state index in [4.69, 9.17) is 33.2 Å². The molecule has 2 amide bonds. The molecule has 0 aliphatic carbocycles. The normalized spacial score (nSPS) is 46.3. The second-order valence-corrected chi connectivity index (χ2v) is 12.7. The summed E-state index contributed by atoms with van der Waals surface area (Å²) in [5, 5.41) is 128. The minimum absolute atomic E-state index is 0.783. The van der Waals surface area contributed by atoms with E-state index < -0.39 is 160 Å². The predicted octanol–water partition coefficient (Wildman–Crippen LogP) is -9.28. The van der Waals surface area contributed by atoms with Gasteiger partial charge in [0.15, 0.2) is 37.4 Å². The molecule has 4 aliphatic rings. The molecule has 4 heterocycles. The molecular formula is C28H44N2O23. The van der Waals surface area contributed by atoms with Crippen LogP contribution in [0.15, 0.2) is 0 Å². The molecule has 53 heavy (non-hydrogen) atoms. The maximum atomic E-state index is 12.3. The average molecular weight is 777 g/mol. The second-order valence-electron chi connectivity index (χ2n) is 12.7. The standard InChI is InChI=1S/C28H44N2O23/c1-5(32)29-9-19(50-27-17(40)13(36)15(38)21(52-27)23(42)43)12(35)8(48-25(9)46)4-47-26-10(30-6(2)33)20(11(34)7(3-31)49-26)51-28-18(41)14(37)16(39)22(53-28)24(44)45/h7-22,25-28,31,34-41,46H,3-4H2,1-2H3,(H,29,32)(H,30,33)(H,42,43)(H,44,45)/t7-,8-,9-,10-,11+,12+,13+,14+,15+,16+,17-,18-,19-,20-,21+,22+,25-,26-,27-,28-/m1/s1. The van der Waals surface area contributed by atoms with Crippen molar-refractivity contribution in [2.75, 3.05) is 13.2 Å². The van der Waals surface area contributed by atoms with Crippen LogP contribution >= 0.6 is 0 Å². The summed E-state index contributed by atoms with van der Waals surface area (Å²) >= 11 is 0. The van der Waals surface area contributed by atoms with E-state index in [0.717, 1.165) is 13.8 Å². The molecule has 20 atom stereocenters. The Morgan fingerprint density at radius 2 is 0.981 bits per heavy atom. The summed E-state index contributed by atoms with van der Waals surface area (Å²) < 4.78 is 38.2. The molecule has 4 rings (SSSR count). The van der Waals surface area contributed by atoms with Crippen LogP contribution in [0.5, 0.6) is 0 Å². The first-order valence-electron chi connectivity index (χ1n) is 16.1. The molecule has 0 aromatic heterocycles. The van der Waals surface area contributed by atoms with Crippen molar-refractivity contribution >= 4 is 23.8 Å². The molecule has 4 fully saturated rings. The molecule has 0 aromatic carbocycles. The number of carbonyl (C=O) groups is 4. The van der Waals surface area contributed by atoms with Gasteiger partial charge in [-0.05, 0) is 0 Å². The molecule has 25 heteroatoms. The van der Waals surface area contributed by atoms with Crippen LogP contribution in [0.4, 0.5) is 0 Å². The summed E-state index contributed by atoms with van der Waals surface area (Å²) in [6.45, 7) is 0.283. The van der Waals surface area contributed by atoms with Crippen molar-refractivity contribution in [2.45, 2.75) is 137 Å². The van der Waals surface area contributed by atoms with Gasteiger partial charge < -0.3 is 105 Å². The summed E-state index contributed by atoms with van der Waals surface area (Å²) in [5.41, 5.74) is 0. The van der Waals surface area contributed by atoms with Gasteiger partial charge in [0, 0.05) is 13.8 Å². The van der Waals surface area contributed by atoms with E-state index in [1.54, 1.807) is 0 Å². The van der Waals surface area contributed by atoms with Crippen molar-refractivity contribution < 1.29 is 114 Å². The lowest BCUT2D eigenvalue weighted by atomic mass is 9.94. The van der Waals surface area contributed by atoms with Crippen molar-refractivity contribution in [3.8, 4) is 0 Å². The molecule has 0 spiro atoms. The first-order chi connectivity index (χ1) is 24.8. The van der Waals surface area contributed by atoms with Crippen molar-refractivity contribution in [1.82, 2.24) is 10.6 Å². The Morgan fingerprint density at radius 3 is 1.42 bits per heavy atom. The third kappa shape index (κ3) is 9.36. The lowest BCUT2D eigenvalue weighted by molar-refractivity contribution is -0.350. The van der Waals surface area contributed by atoms with E-state index >= 15 is 0 Å². The van der Waals surface area contributed by atoms with E-state index in [1.165, 1.54) is 0 Å². The van der Waals surface area contributed by atoms with Crippen molar-refractivity contribution in [1.29, 1.82) is 0 Å².